The van der Waals surface area contributed by atoms with E-state index in [1.807, 2.05) is 0 Å². The van der Waals surface area contributed by atoms with E-state index in [0.29, 0.717) is 37.5 Å². The number of rotatable bonds is 69. The van der Waals surface area contributed by atoms with Crippen molar-refractivity contribution in [1.29, 1.82) is 0 Å². The average Bonchev–Trinajstić information content (AvgIpc) is 2.48. The van der Waals surface area contributed by atoms with Crippen LogP contribution in [-0.2, 0) is 65.4 Å². The molecule has 0 aromatic rings. The number of allylic oxidation sites excluding steroid dienone is 4. The van der Waals surface area contributed by atoms with Crippen molar-refractivity contribution in [2.75, 3.05) is 39.6 Å². The van der Waals surface area contributed by atoms with Gasteiger partial charge in [-0.3, -0.25) is 37.3 Å². The Hall–Kier alpha value is -2.46. The molecule has 0 aliphatic rings. The number of ether oxygens (including phenoxy) is 4. The highest BCUT2D eigenvalue weighted by atomic mass is 31.2. The summed E-state index contributed by atoms with van der Waals surface area (Å²) in [6.45, 7) is 11.7. The molecule has 0 aromatic carbocycles. The second-order valence-corrected chi connectivity index (χ2v) is 29.5. The Labute approximate surface area is 561 Å². The van der Waals surface area contributed by atoms with Gasteiger partial charge in [0, 0.05) is 25.7 Å². The minimum absolute atomic E-state index is 0.0957. The second kappa shape index (κ2) is 63.3. The van der Waals surface area contributed by atoms with Crippen molar-refractivity contribution in [3.05, 3.63) is 24.3 Å². The third-order valence-corrected chi connectivity index (χ3v) is 18.9. The summed E-state index contributed by atoms with van der Waals surface area (Å²) in [4.78, 5) is 72.6. The molecule has 0 rings (SSSR count). The van der Waals surface area contributed by atoms with Crippen LogP contribution in [0.5, 0.6) is 0 Å². The first-order valence-corrected chi connectivity index (χ1v) is 40.2. The zero-order valence-electron chi connectivity index (χ0n) is 59.5. The first kappa shape index (κ1) is 89.5. The highest BCUT2D eigenvalue weighted by molar-refractivity contribution is 7.47. The Bertz CT molecular complexity index is 1900. The molecule has 0 saturated heterocycles. The van der Waals surface area contributed by atoms with Crippen molar-refractivity contribution in [2.24, 2.45) is 17.8 Å². The first-order chi connectivity index (χ1) is 44.3. The Morgan fingerprint density at radius 1 is 0.359 bits per heavy atom. The predicted octanol–water partition coefficient (Wildman–Crippen LogP) is 20.6. The van der Waals surface area contributed by atoms with Crippen LogP contribution in [0, 0.1) is 17.8 Å². The minimum atomic E-state index is -4.96. The lowest BCUT2D eigenvalue weighted by Crippen LogP contribution is -2.30. The van der Waals surface area contributed by atoms with Gasteiger partial charge in [0.15, 0.2) is 12.2 Å². The zero-order chi connectivity index (χ0) is 68.0. The first-order valence-electron chi connectivity index (χ1n) is 37.2. The predicted molar refractivity (Wildman–Crippen MR) is 372 cm³/mol. The van der Waals surface area contributed by atoms with Crippen molar-refractivity contribution in [3.8, 4) is 0 Å². The topological polar surface area (TPSA) is 237 Å². The molecule has 19 heteroatoms. The summed E-state index contributed by atoms with van der Waals surface area (Å²) in [6.07, 6.45) is 51.0. The molecule has 0 radical (unpaired) electrons. The molecule has 0 bridgehead atoms. The maximum Gasteiger partial charge on any atom is 0.472 e. The number of unbranched alkanes of at least 4 members (excludes halogenated alkanes) is 32. The van der Waals surface area contributed by atoms with Crippen molar-refractivity contribution < 1.29 is 80.2 Å². The molecule has 0 spiro atoms. The van der Waals surface area contributed by atoms with Crippen molar-refractivity contribution in [1.82, 2.24) is 0 Å². The summed E-state index contributed by atoms with van der Waals surface area (Å²) in [5.41, 5.74) is 0. The van der Waals surface area contributed by atoms with Gasteiger partial charge >= 0.3 is 39.5 Å². The summed E-state index contributed by atoms with van der Waals surface area (Å²) >= 11 is 0. The van der Waals surface area contributed by atoms with E-state index in [4.69, 9.17) is 37.0 Å². The van der Waals surface area contributed by atoms with Crippen LogP contribution in [0.25, 0.3) is 0 Å². The molecule has 0 saturated carbocycles. The standard InChI is InChI=1S/C73H138O17P2/c1-8-11-12-13-14-15-16-17-18-22-25-28-31-40-47-54-70(75)83-60-69(90-73(78)57-50-43-36-34-39-46-53-66(7)10-3)63-88-92(81,82)86-59-67(74)58-85-91(79,80)87-62-68(61-84-71(76)55-48-41-35-33-37-44-51-64(4)5)89-72(77)56-49-42-32-29-26-23-20-19-21-24-27-30-38-45-52-65(6)9-2/h15-18,64-69,74H,8-14,19-63H2,1-7H3,(H,79,80)(H,81,82)/b16-15-,18-17-/t65?,66?,67-,68+,69+/m0/s1. The quantitative estimate of drug-likeness (QED) is 0.0169. The van der Waals surface area contributed by atoms with Crippen LogP contribution in [0.15, 0.2) is 24.3 Å². The number of hydrogen-bond acceptors (Lipinski definition) is 15. The molecule has 4 unspecified atom stereocenters. The van der Waals surface area contributed by atoms with Gasteiger partial charge < -0.3 is 33.8 Å². The number of esters is 4. The molecule has 0 fully saturated rings. The summed E-state index contributed by atoms with van der Waals surface area (Å²) in [6, 6.07) is 0. The Morgan fingerprint density at radius 2 is 0.641 bits per heavy atom. The lowest BCUT2D eigenvalue weighted by atomic mass is 9.99. The zero-order valence-corrected chi connectivity index (χ0v) is 61.3. The molecule has 92 heavy (non-hydrogen) atoms. The maximum atomic E-state index is 13.0. The van der Waals surface area contributed by atoms with E-state index in [1.54, 1.807) is 0 Å². The van der Waals surface area contributed by atoms with E-state index >= 15 is 0 Å². The van der Waals surface area contributed by atoms with E-state index in [-0.39, 0.29) is 25.7 Å². The van der Waals surface area contributed by atoms with Gasteiger partial charge in [0.05, 0.1) is 26.4 Å². The molecule has 17 nitrogen and oxygen atoms in total. The second-order valence-electron chi connectivity index (χ2n) is 26.6. The van der Waals surface area contributed by atoms with E-state index in [1.165, 1.54) is 128 Å². The molecule has 7 atom stereocenters. The normalized spacial score (nSPS) is 14.9. The molecule has 0 amide bonds. The van der Waals surface area contributed by atoms with Gasteiger partial charge in [-0.25, -0.2) is 9.13 Å². The van der Waals surface area contributed by atoms with Gasteiger partial charge in [-0.05, 0) is 69.1 Å². The van der Waals surface area contributed by atoms with E-state index in [0.717, 1.165) is 121 Å². The largest absolute Gasteiger partial charge is 0.472 e. The van der Waals surface area contributed by atoms with Gasteiger partial charge in [0.1, 0.15) is 19.3 Å². The van der Waals surface area contributed by atoms with Gasteiger partial charge in [0.25, 0.3) is 0 Å². The SMILES string of the molecule is CCCCCC/C=C\C=C/CCCCCCCC(=O)OC[C@H](COP(=O)(O)OC[C@@H](O)COP(=O)(O)OC[C@@H](COC(=O)CCCCCCCCC(C)C)OC(=O)CCCCCCCCCCCCCCCCC(C)CC)OC(=O)CCCCCCCCC(C)CC. The van der Waals surface area contributed by atoms with Crippen LogP contribution in [0.4, 0.5) is 0 Å². The van der Waals surface area contributed by atoms with Gasteiger partial charge in [-0.1, -0.05) is 291 Å². The molecular weight excluding hydrogens is 1210 g/mol. The van der Waals surface area contributed by atoms with Crippen molar-refractivity contribution in [2.45, 2.75) is 362 Å². The van der Waals surface area contributed by atoms with Crippen LogP contribution >= 0.6 is 15.6 Å². The van der Waals surface area contributed by atoms with Crippen molar-refractivity contribution in [3.63, 3.8) is 0 Å². The maximum absolute atomic E-state index is 13.0. The number of hydrogen-bond donors (Lipinski definition) is 3. The number of phosphoric acid groups is 2. The van der Waals surface area contributed by atoms with E-state index in [9.17, 15) is 43.2 Å². The third-order valence-electron chi connectivity index (χ3n) is 17.0. The lowest BCUT2D eigenvalue weighted by Gasteiger charge is -2.21. The summed E-state index contributed by atoms with van der Waals surface area (Å²) in [5, 5.41) is 10.6. The fourth-order valence-electron chi connectivity index (χ4n) is 10.5. The van der Waals surface area contributed by atoms with Crippen LogP contribution in [0.2, 0.25) is 0 Å². The molecule has 0 heterocycles. The number of aliphatic hydroxyl groups is 1. The Balaban J connectivity index is 5.23. The average molecular weight is 1350 g/mol. The molecular formula is C73H138O17P2. The number of phosphoric ester groups is 2. The van der Waals surface area contributed by atoms with Gasteiger partial charge in [-0.2, -0.15) is 0 Å². The molecule has 3 N–H and O–H groups in total. The smallest absolute Gasteiger partial charge is 0.462 e. The Kier molecular flexibility index (Phi) is 61.6. The Morgan fingerprint density at radius 3 is 0.967 bits per heavy atom. The van der Waals surface area contributed by atoms with Crippen LogP contribution < -0.4 is 0 Å². The van der Waals surface area contributed by atoms with Crippen LogP contribution in [0.1, 0.15) is 344 Å². The van der Waals surface area contributed by atoms with Gasteiger partial charge in [0.2, 0.25) is 0 Å². The fourth-order valence-corrected chi connectivity index (χ4v) is 12.0. The highest BCUT2D eigenvalue weighted by Crippen LogP contribution is 2.45. The fraction of sp³-hybridized carbons (Fsp3) is 0.890. The minimum Gasteiger partial charge on any atom is -0.462 e. The third kappa shape index (κ3) is 63.6. The molecule has 542 valence electrons. The monoisotopic (exact) mass is 1350 g/mol. The molecule has 0 aromatic heterocycles. The van der Waals surface area contributed by atoms with Gasteiger partial charge in [-0.15, -0.1) is 0 Å². The lowest BCUT2D eigenvalue weighted by molar-refractivity contribution is -0.161. The van der Waals surface area contributed by atoms with Crippen LogP contribution in [0.3, 0.4) is 0 Å². The number of carbonyl (C=O) groups excluding carboxylic acids is 4. The van der Waals surface area contributed by atoms with Crippen LogP contribution in [-0.4, -0.2) is 96.7 Å². The number of carbonyl (C=O) groups is 4. The number of aliphatic hydroxyl groups excluding tert-OH is 1. The van der Waals surface area contributed by atoms with E-state index < -0.39 is 97.5 Å². The summed E-state index contributed by atoms with van der Waals surface area (Å²) in [7, 11) is -9.92. The highest BCUT2D eigenvalue weighted by Gasteiger charge is 2.30. The summed E-state index contributed by atoms with van der Waals surface area (Å²) in [5.74, 6) is 0.0807. The summed E-state index contributed by atoms with van der Waals surface area (Å²) < 4.78 is 68.3. The van der Waals surface area contributed by atoms with E-state index in [2.05, 4.69) is 72.8 Å². The van der Waals surface area contributed by atoms with Crippen molar-refractivity contribution >= 4 is 39.5 Å². The molecule has 0 aliphatic heterocycles. The molecule has 0 aliphatic carbocycles.